The molecule has 0 atom stereocenters. The van der Waals surface area contributed by atoms with Crippen LogP contribution in [0.15, 0.2) is 21.5 Å². The third kappa shape index (κ3) is 5.63. The zero-order chi connectivity index (χ0) is 16.0. The van der Waals surface area contributed by atoms with Crippen molar-refractivity contribution < 1.29 is 12.8 Å². The maximum Gasteiger partial charge on any atom is 0.243 e. The third-order valence-electron chi connectivity index (χ3n) is 2.79. The van der Waals surface area contributed by atoms with Crippen molar-refractivity contribution in [1.29, 1.82) is 0 Å². The van der Waals surface area contributed by atoms with Crippen LogP contribution in [-0.4, -0.2) is 47.0 Å². The van der Waals surface area contributed by atoms with Crippen molar-refractivity contribution in [3.63, 3.8) is 0 Å². The van der Waals surface area contributed by atoms with Gasteiger partial charge in [-0.05, 0) is 32.8 Å². The van der Waals surface area contributed by atoms with Crippen molar-refractivity contribution in [3.8, 4) is 0 Å². The average Bonchev–Trinajstić information content (AvgIpc) is 2.38. The molecule has 0 bridgehead atoms. The molecule has 0 radical (unpaired) electrons. The number of nitrogens with one attached hydrogen (secondary N) is 2. The van der Waals surface area contributed by atoms with E-state index in [0.717, 1.165) is 0 Å². The van der Waals surface area contributed by atoms with Gasteiger partial charge in [-0.15, -0.1) is 0 Å². The molecular formula is C13H21BrFN3O2S. The first kappa shape index (κ1) is 18.5. The number of nitrogens with zero attached hydrogens (tertiary/aromatic N) is 1. The number of likely N-dealkylation sites (N-methyl/N-ethyl adjacent to an activating group) is 1. The van der Waals surface area contributed by atoms with E-state index >= 15 is 0 Å². The van der Waals surface area contributed by atoms with Crippen LogP contribution in [0, 0.1) is 5.82 Å². The lowest BCUT2D eigenvalue weighted by Crippen LogP contribution is -2.32. The third-order valence-corrected chi connectivity index (χ3v) is 4.70. The molecule has 5 nitrogen and oxygen atoms in total. The standard InChI is InChI=1S/C13H21BrFN3O2S/c1-4-16-9-10-7-11(14)8-12(13(10)15)21(19,20)17-5-6-18(2)3/h7-8,16-17H,4-6,9H2,1-3H3. The first-order valence-electron chi connectivity index (χ1n) is 6.61. The number of sulfonamides is 1. The van der Waals surface area contributed by atoms with Gasteiger partial charge in [0.2, 0.25) is 10.0 Å². The second-order valence-corrected chi connectivity index (χ2v) is 7.51. The van der Waals surface area contributed by atoms with Gasteiger partial charge in [-0.2, -0.15) is 0 Å². The summed E-state index contributed by atoms with van der Waals surface area (Å²) in [6.07, 6.45) is 0. The molecule has 0 aliphatic rings. The molecule has 0 aromatic heterocycles. The van der Waals surface area contributed by atoms with Gasteiger partial charge in [-0.3, -0.25) is 0 Å². The van der Waals surface area contributed by atoms with Crippen LogP contribution in [0.3, 0.4) is 0 Å². The molecule has 0 amide bonds. The Hall–Kier alpha value is -0.540. The molecule has 21 heavy (non-hydrogen) atoms. The topological polar surface area (TPSA) is 61.4 Å². The quantitative estimate of drug-likeness (QED) is 0.716. The van der Waals surface area contributed by atoms with Gasteiger partial charge < -0.3 is 10.2 Å². The van der Waals surface area contributed by atoms with E-state index in [-0.39, 0.29) is 18.0 Å². The normalized spacial score (nSPS) is 12.1. The van der Waals surface area contributed by atoms with E-state index in [4.69, 9.17) is 0 Å². The largest absolute Gasteiger partial charge is 0.313 e. The van der Waals surface area contributed by atoms with Crippen LogP contribution < -0.4 is 10.0 Å². The highest BCUT2D eigenvalue weighted by Crippen LogP contribution is 2.24. The van der Waals surface area contributed by atoms with Crippen molar-refractivity contribution >= 4 is 26.0 Å². The minimum Gasteiger partial charge on any atom is -0.313 e. The summed E-state index contributed by atoms with van der Waals surface area (Å²) >= 11 is 3.23. The van der Waals surface area contributed by atoms with Crippen LogP contribution >= 0.6 is 15.9 Å². The van der Waals surface area contributed by atoms with Crippen molar-refractivity contribution in [2.45, 2.75) is 18.4 Å². The lowest BCUT2D eigenvalue weighted by Gasteiger charge is -2.13. The Morgan fingerprint density at radius 1 is 1.33 bits per heavy atom. The van der Waals surface area contributed by atoms with Gasteiger partial charge in [0.1, 0.15) is 10.7 Å². The molecule has 0 heterocycles. The first-order valence-corrected chi connectivity index (χ1v) is 8.88. The van der Waals surface area contributed by atoms with E-state index in [1.807, 2.05) is 25.9 Å². The summed E-state index contributed by atoms with van der Waals surface area (Å²) in [5.41, 5.74) is 0.319. The average molecular weight is 382 g/mol. The number of rotatable bonds is 8. The van der Waals surface area contributed by atoms with Crippen molar-refractivity contribution in [2.24, 2.45) is 0 Å². The maximum atomic E-state index is 14.4. The summed E-state index contributed by atoms with van der Waals surface area (Å²) in [7, 11) is -0.194. The minimum atomic E-state index is -3.87. The summed E-state index contributed by atoms with van der Waals surface area (Å²) in [5.74, 6) is -0.712. The smallest absolute Gasteiger partial charge is 0.243 e. The molecule has 0 saturated carbocycles. The Bertz CT molecular complexity index is 579. The Balaban J connectivity index is 3.02. The first-order chi connectivity index (χ1) is 9.77. The Kier molecular flexibility index (Phi) is 7.22. The molecule has 1 aromatic carbocycles. The molecule has 0 aliphatic carbocycles. The SMILES string of the molecule is CCNCc1cc(Br)cc(S(=O)(=O)NCCN(C)C)c1F. The lowest BCUT2D eigenvalue weighted by molar-refractivity contribution is 0.412. The fourth-order valence-electron chi connectivity index (χ4n) is 1.68. The van der Waals surface area contributed by atoms with E-state index < -0.39 is 15.8 Å². The summed E-state index contributed by atoms with van der Waals surface area (Å²) < 4.78 is 41.7. The summed E-state index contributed by atoms with van der Waals surface area (Å²) in [4.78, 5) is 1.51. The van der Waals surface area contributed by atoms with Gasteiger partial charge in [0.15, 0.2) is 0 Å². The van der Waals surface area contributed by atoms with Crippen LogP contribution in [0.2, 0.25) is 0 Å². The van der Waals surface area contributed by atoms with Crippen LogP contribution in [0.5, 0.6) is 0 Å². The van der Waals surface area contributed by atoms with E-state index in [9.17, 15) is 12.8 Å². The fourth-order valence-corrected chi connectivity index (χ4v) is 3.50. The van der Waals surface area contributed by atoms with Gasteiger partial charge in [0.05, 0.1) is 0 Å². The second kappa shape index (κ2) is 8.19. The monoisotopic (exact) mass is 381 g/mol. The molecule has 0 unspecified atom stereocenters. The molecule has 0 saturated heterocycles. The van der Waals surface area contributed by atoms with Gasteiger partial charge in [0, 0.05) is 29.7 Å². The van der Waals surface area contributed by atoms with Crippen LogP contribution in [-0.2, 0) is 16.6 Å². The summed E-state index contributed by atoms with van der Waals surface area (Å²) in [5, 5.41) is 2.99. The highest BCUT2D eigenvalue weighted by molar-refractivity contribution is 9.10. The molecule has 2 N–H and O–H groups in total. The second-order valence-electron chi connectivity index (χ2n) is 4.86. The van der Waals surface area contributed by atoms with E-state index in [1.54, 1.807) is 6.07 Å². The zero-order valence-corrected chi connectivity index (χ0v) is 14.8. The predicted octanol–water partition coefficient (Wildman–Crippen LogP) is 1.54. The van der Waals surface area contributed by atoms with Crippen LogP contribution in [0.25, 0.3) is 0 Å². The van der Waals surface area contributed by atoms with Crippen LogP contribution in [0.1, 0.15) is 12.5 Å². The molecular weight excluding hydrogens is 361 g/mol. The van der Waals surface area contributed by atoms with E-state index in [0.29, 0.717) is 23.1 Å². The van der Waals surface area contributed by atoms with Gasteiger partial charge in [-0.1, -0.05) is 22.9 Å². The summed E-state index contributed by atoms with van der Waals surface area (Å²) in [6, 6.07) is 2.86. The molecule has 120 valence electrons. The number of hydrogen-bond donors (Lipinski definition) is 2. The van der Waals surface area contributed by atoms with Gasteiger partial charge in [-0.25, -0.2) is 17.5 Å². The van der Waals surface area contributed by atoms with Crippen molar-refractivity contribution in [1.82, 2.24) is 14.9 Å². The molecule has 1 aromatic rings. The van der Waals surface area contributed by atoms with E-state index in [2.05, 4.69) is 26.0 Å². The van der Waals surface area contributed by atoms with Crippen molar-refractivity contribution in [2.75, 3.05) is 33.7 Å². The molecule has 1 rings (SSSR count). The molecule has 0 fully saturated rings. The highest BCUT2D eigenvalue weighted by atomic mass is 79.9. The van der Waals surface area contributed by atoms with E-state index in [1.165, 1.54) is 6.07 Å². The maximum absolute atomic E-state index is 14.4. The summed E-state index contributed by atoms with van der Waals surface area (Å²) in [6.45, 7) is 3.62. The van der Waals surface area contributed by atoms with Crippen molar-refractivity contribution in [3.05, 3.63) is 28.0 Å². The number of hydrogen-bond acceptors (Lipinski definition) is 4. The highest BCUT2D eigenvalue weighted by Gasteiger charge is 2.22. The predicted molar refractivity (Wildman–Crippen MR) is 85.2 cm³/mol. The Labute approximate surface area is 134 Å². The lowest BCUT2D eigenvalue weighted by atomic mass is 10.2. The molecule has 8 heteroatoms. The molecule has 0 spiro atoms. The minimum absolute atomic E-state index is 0.226. The Morgan fingerprint density at radius 3 is 2.57 bits per heavy atom. The zero-order valence-electron chi connectivity index (χ0n) is 12.4. The van der Waals surface area contributed by atoms with Gasteiger partial charge in [0.25, 0.3) is 0 Å². The van der Waals surface area contributed by atoms with Crippen LogP contribution in [0.4, 0.5) is 4.39 Å². The van der Waals surface area contributed by atoms with Gasteiger partial charge >= 0.3 is 0 Å². The Morgan fingerprint density at radius 2 is 2.00 bits per heavy atom. The number of benzene rings is 1. The molecule has 0 aliphatic heterocycles. The fraction of sp³-hybridized carbons (Fsp3) is 0.538. The number of halogens is 2.